The van der Waals surface area contributed by atoms with E-state index in [1.165, 1.54) is 4.31 Å². The fourth-order valence-electron chi connectivity index (χ4n) is 2.66. The fraction of sp³-hybridized carbons (Fsp3) is 0.667. The van der Waals surface area contributed by atoms with Crippen LogP contribution in [-0.4, -0.2) is 52.2 Å². The van der Waals surface area contributed by atoms with Gasteiger partial charge in [-0.15, -0.1) is 10.2 Å². The van der Waals surface area contributed by atoms with E-state index in [0.717, 1.165) is 6.54 Å². The number of hydrogen-bond acceptors (Lipinski definition) is 7. The summed E-state index contributed by atoms with van der Waals surface area (Å²) in [6, 6.07) is 0. The van der Waals surface area contributed by atoms with Gasteiger partial charge >= 0.3 is 0 Å². The first-order chi connectivity index (χ1) is 11.9. The minimum Gasteiger partial charge on any atom is -0.422 e. The average Bonchev–Trinajstić information content (AvgIpc) is 3.24. The van der Waals surface area contributed by atoms with Crippen LogP contribution in [0.15, 0.2) is 22.0 Å². The molecule has 9 nitrogen and oxygen atoms in total. The van der Waals surface area contributed by atoms with Crippen LogP contribution in [0.1, 0.15) is 38.7 Å². The van der Waals surface area contributed by atoms with Crippen molar-refractivity contribution in [3.63, 3.8) is 0 Å². The van der Waals surface area contributed by atoms with E-state index >= 15 is 0 Å². The van der Waals surface area contributed by atoms with Gasteiger partial charge in [-0.2, -0.15) is 4.31 Å². The maximum absolute atomic E-state index is 12.9. The van der Waals surface area contributed by atoms with E-state index < -0.39 is 16.1 Å². The van der Waals surface area contributed by atoms with Crippen molar-refractivity contribution >= 4 is 10.0 Å². The van der Waals surface area contributed by atoms with E-state index in [-0.39, 0.29) is 24.7 Å². The Kier molecular flexibility index (Phi) is 5.21. The van der Waals surface area contributed by atoms with Crippen LogP contribution in [0.25, 0.3) is 0 Å². The minimum atomic E-state index is -3.69. The molecule has 1 saturated heterocycles. The number of hydrogen-bond donors (Lipinski definition) is 0. The van der Waals surface area contributed by atoms with Gasteiger partial charge in [-0.05, 0) is 5.92 Å². The van der Waals surface area contributed by atoms with E-state index in [4.69, 9.17) is 9.15 Å². The third-order valence-electron chi connectivity index (χ3n) is 3.88. The van der Waals surface area contributed by atoms with Crippen LogP contribution in [-0.2, 0) is 27.7 Å². The average molecular weight is 369 g/mol. The van der Waals surface area contributed by atoms with Gasteiger partial charge in [0.05, 0.1) is 12.9 Å². The second-order valence-electron chi connectivity index (χ2n) is 6.41. The molecule has 1 atom stereocenters. The summed E-state index contributed by atoms with van der Waals surface area (Å²) in [4.78, 5) is 4.07. The molecule has 3 rings (SSSR count). The molecular formula is C15H23N5O4S. The Hall–Kier alpha value is -1.78. The molecule has 1 aliphatic rings. The maximum atomic E-state index is 12.9. The van der Waals surface area contributed by atoms with Gasteiger partial charge in [0.1, 0.15) is 6.10 Å². The Morgan fingerprint density at radius 1 is 1.36 bits per heavy atom. The number of morpholine rings is 1. The zero-order valence-electron chi connectivity index (χ0n) is 14.6. The zero-order chi connectivity index (χ0) is 18.0. The van der Waals surface area contributed by atoms with Crippen LogP contribution in [0.4, 0.5) is 0 Å². The topological polar surface area (TPSA) is 103 Å². The van der Waals surface area contributed by atoms with Crippen molar-refractivity contribution in [2.75, 3.05) is 19.7 Å². The highest BCUT2D eigenvalue weighted by molar-refractivity contribution is 7.89. The third kappa shape index (κ3) is 3.91. The van der Waals surface area contributed by atoms with Crippen molar-refractivity contribution in [3.05, 3.63) is 24.3 Å². The first kappa shape index (κ1) is 18.0. The molecule has 0 bridgehead atoms. The molecule has 0 saturated carbocycles. The predicted octanol–water partition coefficient (Wildman–Crippen LogP) is 1.25. The van der Waals surface area contributed by atoms with E-state index in [9.17, 15) is 8.42 Å². The van der Waals surface area contributed by atoms with Gasteiger partial charge in [-0.1, -0.05) is 20.8 Å². The number of sulfonamides is 1. The number of ether oxygens (including phenoxy) is 1. The maximum Gasteiger partial charge on any atom is 0.262 e. The molecule has 3 heterocycles. The summed E-state index contributed by atoms with van der Waals surface area (Å²) >= 11 is 0. The normalized spacial score (nSPS) is 19.6. The van der Waals surface area contributed by atoms with Crippen LogP contribution in [0.5, 0.6) is 0 Å². The van der Waals surface area contributed by atoms with Crippen molar-refractivity contribution in [2.24, 2.45) is 5.92 Å². The highest BCUT2D eigenvalue weighted by atomic mass is 32.2. The SMILES string of the molecule is CCc1nnc([C@H]2CN(S(=O)(=O)c3cn(CC(C)C)cn3)CCO2)o1. The summed E-state index contributed by atoms with van der Waals surface area (Å²) < 4.78 is 40.0. The van der Waals surface area contributed by atoms with E-state index in [1.807, 2.05) is 6.92 Å². The lowest BCUT2D eigenvalue weighted by atomic mass is 10.2. The molecule has 2 aromatic rings. The summed E-state index contributed by atoms with van der Waals surface area (Å²) in [5.74, 6) is 1.22. The summed E-state index contributed by atoms with van der Waals surface area (Å²) in [5.41, 5.74) is 0. The number of aromatic nitrogens is 4. The lowest BCUT2D eigenvalue weighted by Gasteiger charge is -2.29. The van der Waals surface area contributed by atoms with Gasteiger partial charge in [0.2, 0.25) is 11.8 Å². The molecule has 0 unspecified atom stereocenters. The molecule has 0 spiro atoms. The summed E-state index contributed by atoms with van der Waals surface area (Å²) in [6.45, 7) is 7.42. The van der Waals surface area contributed by atoms with Crippen LogP contribution in [0.3, 0.4) is 0 Å². The fourth-order valence-corrected chi connectivity index (χ4v) is 4.02. The first-order valence-corrected chi connectivity index (χ1v) is 9.80. The van der Waals surface area contributed by atoms with Crippen LogP contribution in [0.2, 0.25) is 0 Å². The second kappa shape index (κ2) is 7.22. The Labute approximate surface area is 147 Å². The van der Waals surface area contributed by atoms with Crippen LogP contribution >= 0.6 is 0 Å². The van der Waals surface area contributed by atoms with Crippen molar-refractivity contribution in [3.8, 4) is 0 Å². The van der Waals surface area contributed by atoms with E-state index in [2.05, 4.69) is 29.0 Å². The van der Waals surface area contributed by atoms with Crippen molar-refractivity contribution in [1.29, 1.82) is 0 Å². The Morgan fingerprint density at radius 2 is 2.16 bits per heavy atom. The van der Waals surface area contributed by atoms with Gasteiger partial charge in [0.15, 0.2) is 5.03 Å². The van der Waals surface area contributed by atoms with Gasteiger partial charge in [-0.25, -0.2) is 13.4 Å². The lowest BCUT2D eigenvalue weighted by molar-refractivity contribution is -0.0178. The lowest BCUT2D eigenvalue weighted by Crippen LogP contribution is -2.42. The standard InChI is InChI=1S/C15H23N5O4S/c1-4-13-17-18-15(24-13)12-8-20(5-6-23-12)25(21,22)14-9-19(10-16-14)7-11(2)3/h9-12H,4-8H2,1-3H3/t12-/m1/s1. The van der Waals surface area contributed by atoms with E-state index in [1.54, 1.807) is 17.1 Å². The molecule has 10 heteroatoms. The molecular weight excluding hydrogens is 346 g/mol. The summed E-state index contributed by atoms with van der Waals surface area (Å²) in [6.07, 6.45) is 3.18. The van der Waals surface area contributed by atoms with E-state index in [0.29, 0.717) is 24.1 Å². The molecule has 2 aromatic heterocycles. The highest BCUT2D eigenvalue weighted by Crippen LogP contribution is 2.25. The van der Waals surface area contributed by atoms with Gasteiger partial charge in [0.25, 0.3) is 10.0 Å². The molecule has 0 N–H and O–H groups in total. The number of aryl methyl sites for hydroxylation is 1. The molecule has 138 valence electrons. The third-order valence-corrected chi connectivity index (χ3v) is 5.63. The Bertz CT molecular complexity index is 814. The summed E-state index contributed by atoms with van der Waals surface area (Å²) in [5, 5.41) is 7.91. The van der Waals surface area contributed by atoms with Crippen molar-refractivity contribution in [2.45, 2.75) is 44.9 Å². The van der Waals surface area contributed by atoms with Gasteiger partial charge < -0.3 is 13.7 Å². The number of imidazole rings is 1. The van der Waals surface area contributed by atoms with Crippen molar-refractivity contribution < 1.29 is 17.6 Å². The van der Waals surface area contributed by atoms with Gasteiger partial charge in [0, 0.05) is 32.3 Å². The predicted molar refractivity (Wildman–Crippen MR) is 88.2 cm³/mol. The number of nitrogens with zero attached hydrogens (tertiary/aromatic N) is 5. The number of rotatable bonds is 6. The molecule has 0 radical (unpaired) electrons. The molecule has 0 amide bonds. The van der Waals surface area contributed by atoms with Crippen LogP contribution < -0.4 is 0 Å². The zero-order valence-corrected chi connectivity index (χ0v) is 15.4. The first-order valence-electron chi connectivity index (χ1n) is 8.36. The quantitative estimate of drug-likeness (QED) is 0.755. The Balaban J connectivity index is 1.76. The second-order valence-corrected chi connectivity index (χ2v) is 8.30. The molecule has 0 aliphatic carbocycles. The molecule has 0 aromatic carbocycles. The largest absolute Gasteiger partial charge is 0.422 e. The van der Waals surface area contributed by atoms with Gasteiger partial charge in [-0.3, -0.25) is 0 Å². The molecule has 1 fully saturated rings. The highest BCUT2D eigenvalue weighted by Gasteiger charge is 2.35. The monoisotopic (exact) mass is 369 g/mol. The van der Waals surface area contributed by atoms with Crippen molar-refractivity contribution in [1.82, 2.24) is 24.1 Å². The molecule has 25 heavy (non-hydrogen) atoms. The van der Waals surface area contributed by atoms with Crippen LogP contribution in [0, 0.1) is 5.92 Å². The Morgan fingerprint density at radius 3 is 2.84 bits per heavy atom. The minimum absolute atomic E-state index is 0.0496. The molecule has 1 aliphatic heterocycles. The summed E-state index contributed by atoms with van der Waals surface area (Å²) in [7, 11) is -3.69. The smallest absolute Gasteiger partial charge is 0.262 e.